The summed E-state index contributed by atoms with van der Waals surface area (Å²) in [5.74, 6) is 0. The van der Waals surface area contributed by atoms with Crippen LogP contribution in [0, 0.1) is 0 Å². The van der Waals surface area contributed by atoms with E-state index >= 15 is 0 Å². The number of H-pyrrole nitrogens is 2. The molecule has 5 aromatic rings. The van der Waals surface area contributed by atoms with E-state index in [1.54, 1.807) is 0 Å². The van der Waals surface area contributed by atoms with Gasteiger partial charge in [0, 0.05) is 45.3 Å². The third kappa shape index (κ3) is 5.84. The van der Waals surface area contributed by atoms with E-state index in [1.807, 2.05) is 58.0 Å². The molecule has 0 fully saturated rings. The molecule has 46 heavy (non-hydrogen) atoms. The lowest BCUT2D eigenvalue weighted by molar-refractivity contribution is 0.224. The Morgan fingerprint density at radius 2 is 1.07 bits per heavy atom. The molecule has 0 saturated carbocycles. The van der Waals surface area contributed by atoms with Crippen LogP contribution in [0.15, 0.2) is 72.8 Å². The highest BCUT2D eigenvalue weighted by atomic mass is 16.2. The summed E-state index contributed by atoms with van der Waals surface area (Å²) in [6.45, 7) is 8.05. The van der Waals surface area contributed by atoms with Crippen molar-refractivity contribution in [2.24, 2.45) is 0 Å². The highest BCUT2D eigenvalue weighted by molar-refractivity contribution is 5.86. The minimum absolute atomic E-state index is 0.0715. The van der Waals surface area contributed by atoms with Crippen molar-refractivity contribution < 1.29 is 9.59 Å². The van der Waals surface area contributed by atoms with E-state index in [2.05, 4.69) is 73.7 Å². The zero-order valence-electron chi connectivity index (χ0n) is 27.1. The molecule has 0 spiro atoms. The van der Waals surface area contributed by atoms with Crippen molar-refractivity contribution in [1.29, 1.82) is 0 Å². The fourth-order valence-electron chi connectivity index (χ4n) is 7.44. The number of carbonyl (C=O) groups excluding carboxylic acids is 2. The van der Waals surface area contributed by atoms with Crippen LogP contribution in [0.25, 0.3) is 21.8 Å². The third-order valence-electron chi connectivity index (χ3n) is 10.0. The first-order valence-corrected chi connectivity index (χ1v) is 16.5. The van der Waals surface area contributed by atoms with Crippen LogP contribution in [-0.4, -0.2) is 34.1 Å². The average Bonchev–Trinajstić information content (AvgIpc) is 3.58. The Hall–Kier alpha value is -4.72. The summed E-state index contributed by atoms with van der Waals surface area (Å²) in [5, 5.41) is 15.4. The summed E-state index contributed by atoms with van der Waals surface area (Å²) in [6.07, 6.45) is 5.26. The SMILES string of the molecule is CC(C)(NC(=O)NC1CCc2[nH]c3ccccc3c2C1)c1cccc(C(C)(C)NC(=O)NC2CCc3[nH]c4ccccc4c3C2)c1. The maximum absolute atomic E-state index is 13.3. The zero-order chi connectivity index (χ0) is 32.1. The summed E-state index contributed by atoms with van der Waals surface area (Å²) in [6, 6.07) is 24.7. The molecule has 2 aliphatic carbocycles. The summed E-state index contributed by atoms with van der Waals surface area (Å²) >= 11 is 0. The molecule has 6 N–H and O–H groups in total. The first-order valence-electron chi connectivity index (χ1n) is 16.5. The van der Waals surface area contributed by atoms with Gasteiger partial charge in [0.05, 0.1) is 11.1 Å². The molecule has 2 heterocycles. The van der Waals surface area contributed by atoms with Crippen LogP contribution in [0.5, 0.6) is 0 Å². The Kier molecular flexibility index (Phi) is 7.54. The van der Waals surface area contributed by atoms with E-state index in [4.69, 9.17) is 0 Å². The van der Waals surface area contributed by atoms with Crippen LogP contribution >= 0.6 is 0 Å². The summed E-state index contributed by atoms with van der Waals surface area (Å²) in [4.78, 5) is 33.6. The van der Waals surface area contributed by atoms with Gasteiger partial charge in [-0.05, 0) is 101 Å². The highest BCUT2D eigenvalue weighted by Gasteiger charge is 2.31. The van der Waals surface area contributed by atoms with Crippen LogP contribution in [0.2, 0.25) is 0 Å². The van der Waals surface area contributed by atoms with Crippen LogP contribution in [-0.2, 0) is 36.8 Å². The Balaban J connectivity index is 0.969. The van der Waals surface area contributed by atoms with Gasteiger partial charge in [-0.2, -0.15) is 0 Å². The number of urea groups is 2. The van der Waals surface area contributed by atoms with Gasteiger partial charge in [0.25, 0.3) is 0 Å². The van der Waals surface area contributed by atoms with Gasteiger partial charge in [-0.25, -0.2) is 9.59 Å². The van der Waals surface area contributed by atoms with Crippen molar-refractivity contribution in [3.63, 3.8) is 0 Å². The summed E-state index contributed by atoms with van der Waals surface area (Å²) in [5.41, 5.74) is 8.18. The molecule has 238 valence electrons. The van der Waals surface area contributed by atoms with E-state index < -0.39 is 11.1 Å². The molecule has 8 nitrogen and oxygen atoms in total. The quantitative estimate of drug-likeness (QED) is 0.126. The van der Waals surface area contributed by atoms with Gasteiger partial charge in [0.2, 0.25) is 0 Å². The number of para-hydroxylation sites is 2. The van der Waals surface area contributed by atoms with Crippen molar-refractivity contribution in [2.75, 3.05) is 0 Å². The fraction of sp³-hybridized carbons (Fsp3) is 0.368. The van der Waals surface area contributed by atoms with Crippen molar-refractivity contribution >= 4 is 33.9 Å². The number of carbonyl (C=O) groups is 2. The molecule has 2 aromatic heterocycles. The molecule has 7 rings (SSSR count). The van der Waals surface area contributed by atoms with Gasteiger partial charge in [-0.1, -0.05) is 60.7 Å². The molecule has 2 unspecified atom stereocenters. The minimum atomic E-state index is -0.627. The molecular weight excluding hydrogens is 572 g/mol. The first kappa shape index (κ1) is 30.0. The van der Waals surface area contributed by atoms with Crippen LogP contribution in [0.1, 0.15) is 74.2 Å². The van der Waals surface area contributed by atoms with Crippen LogP contribution in [0.3, 0.4) is 0 Å². The summed E-state index contributed by atoms with van der Waals surface area (Å²) < 4.78 is 0. The number of aromatic amines is 2. The van der Waals surface area contributed by atoms with Crippen molar-refractivity contribution in [2.45, 2.75) is 89.4 Å². The number of aromatic nitrogens is 2. The first-order chi connectivity index (χ1) is 22.1. The third-order valence-corrected chi connectivity index (χ3v) is 10.0. The monoisotopic (exact) mass is 616 g/mol. The molecule has 3 aromatic carbocycles. The minimum Gasteiger partial charge on any atom is -0.358 e. The molecule has 4 amide bonds. The summed E-state index contributed by atoms with van der Waals surface area (Å²) in [7, 11) is 0. The average molecular weight is 617 g/mol. The molecule has 0 bridgehead atoms. The number of amides is 4. The number of hydrogen-bond donors (Lipinski definition) is 6. The van der Waals surface area contributed by atoms with Crippen molar-refractivity contribution in [1.82, 2.24) is 31.2 Å². The van der Waals surface area contributed by atoms with E-state index in [9.17, 15) is 9.59 Å². The number of nitrogens with one attached hydrogen (secondary N) is 6. The Morgan fingerprint density at radius 3 is 1.52 bits per heavy atom. The fourth-order valence-corrected chi connectivity index (χ4v) is 7.44. The Bertz CT molecular complexity index is 1800. The second-order valence-electron chi connectivity index (χ2n) is 14.2. The Labute approximate surface area is 270 Å². The zero-order valence-corrected chi connectivity index (χ0v) is 27.1. The van der Waals surface area contributed by atoms with E-state index in [0.717, 1.165) is 60.7 Å². The van der Waals surface area contributed by atoms with Crippen molar-refractivity contribution in [3.8, 4) is 0 Å². The molecule has 0 aliphatic heterocycles. The standard InChI is InChI=1S/C38H44N6O2/c1-37(2,43-35(45)39-25-16-18-33-29(21-25)27-12-5-7-14-31(27)41-33)23-10-9-11-24(20-23)38(3,4)44-36(46)40-26-17-19-34-30(22-26)28-13-6-8-15-32(28)42-34/h5-15,20,25-26,41-42H,16-19,21-22H2,1-4H3,(H2,39,43,45)(H2,40,44,46). The lowest BCUT2D eigenvalue weighted by Gasteiger charge is -2.33. The lowest BCUT2D eigenvalue weighted by Crippen LogP contribution is -2.51. The van der Waals surface area contributed by atoms with E-state index in [0.29, 0.717) is 0 Å². The Morgan fingerprint density at radius 1 is 0.630 bits per heavy atom. The predicted octanol–water partition coefficient (Wildman–Crippen LogP) is 6.83. The second-order valence-corrected chi connectivity index (χ2v) is 14.2. The van der Waals surface area contributed by atoms with Gasteiger partial charge in [0.1, 0.15) is 0 Å². The maximum Gasteiger partial charge on any atom is 0.315 e. The number of benzene rings is 3. The largest absolute Gasteiger partial charge is 0.358 e. The molecular formula is C38H44N6O2. The lowest BCUT2D eigenvalue weighted by atomic mass is 9.87. The number of hydrogen-bond acceptors (Lipinski definition) is 2. The van der Waals surface area contributed by atoms with Gasteiger partial charge in [0.15, 0.2) is 0 Å². The molecule has 2 aliphatic rings. The van der Waals surface area contributed by atoms with Gasteiger partial charge >= 0.3 is 12.1 Å². The highest BCUT2D eigenvalue weighted by Crippen LogP contribution is 2.31. The topological polar surface area (TPSA) is 114 Å². The number of fused-ring (bicyclic) bond motifs is 6. The van der Waals surface area contributed by atoms with Gasteiger partial charge in [-0.15, -0.1) is 0 Å². The predicted molar refractivity (Wildman–Crippen MR) is 184 cm³/mol. The van der Waals surface area contributed by atoms with Crippen molar-refractivity contribution in [3.05, 3.63) is 106 Å². The number of aryl methyl sites for hydroxylation is 2. The normalized spacial score (nSPS) is 18.1. The van der Waals surface area contributed by atoms with Gasteiger partial charge < -0.3 is 31.2 Å². The second kappa shape index (κ2) is 11.6. The molecule has 8 heteroatoms. The van der Waals surface area contributed by atoms with Crippen LogP contribution < -0.4 is 21.3 Å². The smallest absolute Gasteiger partial charge is 0.315 e. The van der Waals surface area contributed by atoms with E-state index in [-0.39, 0.29) is 24.1 Å². The number of rotatable bonds is 6. The molecule has 0 radical (unpaired) electrons. The van der Waals surface area contributed by atoms with Gasteiger partial charge in [-0.3, -0.25) is 0 Å². The molecule has 0 saturated heterocycles. The van der Waals surface area contributed by atoms with Crippen LogP contribution in [0.4, 0.5) is 9.59 Å². The maximum atomic E-state index is 13.3. The van der Waals surface area contributed by atoms with E-state index in [1.165, 1.54) is 33.3 Å². The molecule has 2 atom stereocenters.